The third-order valence-electron chi connectivity index (χ3n) is 5.82. The lowest BCUT2D eigenvalue weighted by Gasteiger charge is -2.35. The molecule has 2 saturated heterocycles. The molecule has 2 fully saturated rings. The summed E-state index contributed by atoms with van der Waals surface area (Å²) in [6.07, 6.45) is 4.97. The highest BCUT2D eigenvalue weighted by Gasteiger charge is 2.39. The van der Waals surface area contributed by atoms with Gasteiger partial charge in [0.05, 0.1) is 18.7 Å². The molecule has 2 aromatic heterocycles. The van der Waals surface area contributed by atoms with Gasteiger partial charge in [0.15, 0.2) is 5.13 Å². The van der Waals surface area contributed by atoms with Gasteiger partial charge in [0.1, 0.15) is 0 Å². The van der Waals surface area contributed by atoms with Gasteiger partial charge in [-0.2, -0.15) is 4.39 Å². The number of carbonyl (C=O) groups excluding carboxylic acids is 1. The fourth-order valence-corrected chi connectivity index (χ4v) is 5.66. The second-order valence-corrected chi connectivity index (χ2v) is 8.61. The SMILES string of the molecule is CC.CC.CC.O=C(Cc1ccc(F)nc1)N1CCc2nc(N3C4CCC3CNC4)sc2C1. The number of fused-ring (bicyclic) bond motifs is 3. The van der Waals surface area contributed by atoms with E-state index in [1.54, 1.807) is 17.4 Å². The Morgan fingerprint density at radius 3 is 2.39 bits per heavy atom. The van der Waals surface area contributed by atoms with Crippen LogP contribution in [0.5, 0.6) is 0 Å². The molecule has 0 aliphatic carbocycles. The molecule has 3 aliphatic rings. The van der Waals surface area contributed by atoms with Gasteiger partial charge in [0.2, 0.25) is 11.9 Å². The summed E-state index contributed by atoms with van der Waals surface area (Å²) in [5.41, 5.74) is 1.90. The molecule has 3 aliphatic heterocycles. The van der Waals surface area contributed by atoms with Gasteiger partial charge >= 0.3 is 0 Å². The Balaban J connectivity index is 0.000000597. The van der Waals surface area contributed by atoms with Crippen molar-refractivity contribution in [2.45, 2.75) is 85.9 Å². The number of rotatable bonds is 3. The second-order valence-electron chi connectivity index (χ2n) is 7.55. The molecule has 0 aromatic carbocycles. The molecule has 0 radical (unpaired) electrons. The number of amides is 1. The first-order valence-corrected chi connectivity index (χ1v) is 13.3. The van der Waals surface area contributed by atoms with Gasteiger partial charge < -0.3 is 15.1 Å². The minimum absolute atomic E-state index is 0.0613. The van der Waals surface area contributed by atoms with Crippen molar-refractivity contribution in [3.8, 4) is 0 Å². The summed E-state index contributed by atoms with van der Waals surface area (Å²) in [6.45, 7) is 15.4. The van der Waals surface area contributed by atoms with Crippen molar-refractivity contribution < 1.29 is 9.18 Å². The molecule has 2 atom stereocenters. The van der Waals surface area contributed by atoms with Crippen LogP contribution < -0.4 is 10.2 Å². The normalized spacial score (nSPS) is 20.3. The standard InChI is InChI=1S/C19H22FN5OS.3C2H6/c20-17-4-1-12(8-22-17)7-18(26)24-6-5-15-16(11-24)27-19(23-15)25-13-2-3-14(25)10-21-9-13;3*1-2/h1,4,8,13-14,21H,2-3,5-7,9-11H2;3*1-2H3. The summed E-state index contributed by atoms with van der Waals surface area (Å²) in [6, 6.07) is 4.04. The number of nitrogens with zero attached hydrogens (tertiary/aromatic N) is 4. The fraction of sp³-hybridized carbons (Fsp3) is 0.640. The summed E-state index contributed by atoms with van der Waals surface area (Å²) in [4.78, 5) is 26.8. The van der Waals surface area contributed by atoms with Crippen molar-refractivity contribution in [2.75, 3.05) is 24.5 Å². The minimum Gasteiger partial charge on any atom is -0.340 e. The number of thiazole rings is 1. The number of anilines is 1. The molecular weight excluding hydrogens is 437 g/mol. The number of aromatic nitrogens is 2. The summed E-state index contributed by atoms with van der Waals surface area (Å²) in [7, 11) is 0. The van der Waals surface area contributed by atoms with E-state index in [9.17, 15) is 9.18 Å². The number of piperazine rings is 1. The summed E-state index contributed by atoms with van der Waals surface area (Å²) < 4.78 is 12.9. The maximum absolute atomic E-state index is 12.9. The largest absolute Gasteiger partial charge is 0.340 e. The van der Waals surface area contributed by atoms with Crippen LogP contribution in [0.2, 0.25) is 0 Å². The Hall–Kier alpha value is -2.06. The first kappa shape index (κ1) is 27.2. The Kier molecular flexibility index (Phi) is 11.2. The van der Waals surface area contributed by atoms with E-state index >= 15 is 0 Å². The van der Waals surface area contributed by atoms with Crippen LogP contribution in [0.4, 0.5) is 9.52 Å². The predicted molar refractivity (Wildman–Crippen MR) is 135 cm³/mol. The molecule has 8 heteroatoms. The van der Waals surface area contributed by atoms with Gasteiger partial charge in [-0.1, -0.05) is 58.9 Å². The van der Waals surface area contributed by atoms with E-state index in [1.807, 2.05) is 46.4 Å². The van der Waals surface area contributed by atoms with E-state index in [0.717, 1.165) is 35.9 Å². The number of pyridine rings is 1. The molecule has 2 bridgehead atoms. The Labute approximate surface area is 202 Å². The summed E-state index contributed by atoms with van der Waals surface area (Å²) in [5.74, 6) is -0.459. The van der Waals surface area contributed by atoms with Crippen molar-refractivity contribution in [2.24, 2.45) is 0 Å². The lowest BCUT2D eigenvalue weighted by atomic mass is 10.1. The van der Waals surface area contributed by atoms with Crippen molar-refractivity contribution in [1.29, 1.82) is 0 Å². The molecule has 5 rings (SSSR count). The van der Waals surface area contributed by atoms with Gasteiger partial charge in [0, 0.05) is 49.2 Å². The van der Waals surface area contributed by atoms with E-state index in [1.165, 1.54) is 30.0 Å². The van der Waals surface area contributed by atoms with Crippen LogP contribution in [0, 0.1) is 5.95 Å². The number of halogens is 1. The average Bonchev–Trinajstić information content (AvgIpc) is 3.40. The Morgan fingerprint density at radius 2 is 1.79 bits per heavy atom. The summed E-state index contributed by atoms with van der Waals surface area (Å²) in [5, 5.41) is 4.64. The maximum Gasteiger partial charge on any atom is 0.227 e. The van der Waals surface area contributed by atoms with Crippen molar-refractivity contribution in [3.63, 3.8) is 0 Å². The third-order valence-corrected chi connectivity index (χ3v) is 6.91. The van der Waals surface area contributed by atoms with Crippen LogP contribution >= 0.6 is 11.3 Å². The molecule has 0 saturated carbocycles. The van der Waals surface area contributed by atoms with Crippen LogP contribution in [0.15, 0.2) is 18.3 Å². The lowest BCUT2D eigenvalue weighted by molar-refractivity contribution is -0.131. The molecule has 2 unspecified atom stereocenters. The van der Waals surface area contributed by atoms with Crippen LogP contribution in [0.25, 0.3) is 0 Å². The van der Waals surface area contributed by atoms with Gasteiger partial charge in [-0.25, -0.2) is 9.97 Å². The highest BCUT2D eigenvalue weighted by molar-refractivity contribution is 7.15. The monoisotopic (exact) mass is 477 g/mol. The number of hydrogen-bond acceptors (Lipinski definition) is 6. The van der Waals surface area contributed by atoms with E-state index in [-0.39, 0.29) is 12.3 Å². The van der Waals surface area contributed by atoms with E-state index in [4.69, 9.17) is 4.98 Å². The molecule has 184 valence electrons. The predicted octanol–water partition coefficient (Wildman–Crippen LogP) is 4.82. The van der Waals surface area contributed by atoms with Crippen LogP contribution in [-0.4, -0.2) is 52.5 Å². The second kappa shape index (κ2) is 13.6. The maximum atomic E-state index is 12.9. The summed E-state index contributed by atoms with van der Waals surface area (Å²) >= 11 is 1.75. The minimum atomic E-state index is -0.520. The highest BCUT2D eigenvalue weighted by Crippen LogP contribution is 2.38. The molecule has 5 heterocycles. The van der Waals surface area contributed by atoms with Crippen molar-refractivity contribution in [3.05, 3.63) is 40.4 Å². The van der Waals surface area contributed by atoms with Gasteiger partial charge in [-0.15, -0.1) is 0 Å². The van der Waals surface area contributed by atoms with E-state index in [2.05, 4.69) is 15.2 Å². The van der Waals surface area contributed by atoms with Crippen molar-refractivity contribution in [1.82, 2.24) is 20.2 Å². The van der Waals surface area contributed by atoms with Gasteiger partial charge in [-0.3, -0.25) is 4.79 Å². The van der Waals surface area contributed by atoms with E-state index in [0.29, 0.717) is 25.2 Å². The molecule has 33 heavy (non-hydrogen) atoms. The van der Waals surface area contributed by atoms with Crippen molar-refractivity contribution >= 4 is 22.4 Å². The molecule has 0 spiro atoms. The van der Waals surface area contributed by atoms with Gasteiger partial charge in [-0.05, 0) is 24.5 Å². The molecule has 2 aromatic rings. The smallest absolute Gasteiger partial charge is 0.227 e. The molecule has 6 nitrogen and oxygen atoms in total. The zero-order valence-electron chi connectivity index (χ0n) is 21.0. The van der Waals surface area contributed by atoms with Crippen LogP contribution in [0.3, 0.4) is 0 Å². The molecule has 1 amide bonds. The lowest BCUT2D eigenvalue weighted by Crippen LogP contribution is -2.51. The average molecular weight is 478 g/mol. The van der Waals surface area contributed by atoms with Gasteiger partial charge in [0.25, 0.3) is 0 Å². The third kappa shape index (κ3) is 6.51. The fourth-order valence-electron chi connectivity index (χ4n) is 4.39. The first-order chi connectivity index (χ1) is 16.2. The Bertz CT molecular complexity index is 841. The number of hydrogen-bond donors (Lipinski definition) is 1. The zero-order valence-corrected chi connectivity index (χ0v) is 21.8. The quantitative estimate of drug-likeness (QED) is 0.642. The van der Waals surface area contributed by atoms with Crippen LogP contribution in [0.1, 0.15) is 70.5 Å². The molecular formula is C25H40FN5OS. The molecule has 1 N–H and O–H groups in total. The first-order valence-electron chi connectivity index (χ1n) is 12.5. The van der Waals surface area contributed by atoms with E-state index < -0.39 is 5.95 Å². The number of carbonyl (C=O) groups is 1. The Morgan fingerprint density at radius 1 is 1.12 bits per heavy atom. The number of nitrogens with one attached hydrogen (secondary N) is 1. The topological polar surface area (TPSA) is 61.4 Å². The highest BCUT2D eigenvalue weighted by atomic mass is 32.1. The van der Waals surface area contributed by atoms with Crippen LogP contribution in [-0.2, 0) is 24.2 Å². The zero-order chi connectivity index (χ0) is 24.4.